The summed E-state index contributed by atoms with van der Waals surface area (Å²) in [5.41, 5.74) is 8.45. The van der Waals surface area contributed by atoms with E-state index in [1.165, 1.54) is 46.8 Å². The molecule has 0 fully saturated rings. The molecule has 0 atom stereocenters. The van der Waals surface area contributed by atoms with Crippen molar-refractivity contribution in [2.24, 2.45) is 0 Å². The van der Waals surface area contributed by atoms with Gasteiger partial charge in [0.15, 0.2) is 0 Å². The normalized spacial score (nSPS) is 14.6. The Morgan fingerprint density at radius 3 is 1.26 bits per heavy atom. The van der Waals surface area contributed by atoms with Crippen molar-refractivity contribution in [2.75, 3.05) is 0 Å². The average molecular weight is 789 g/mol. The van der Waals surface area contributed by atoms with Crippen molar-refractivity contribution in [3.63, 3.8) is 0 Å². The first-order chi connectivity index (χ1) is 16.3. The molecule has 2 aromatic carbocycles. The number of halogens is 2. The quantitative estimate of drug-likeness (QED) is 0.133. The molecule has 35 heavy (non-hydrogen) atoms. The molecule has 194 valence electrons. The predicted octanol–water partition coefficient (Wildman–Crippen LogP) is 9.74. The van der Waals surface area contributed by atoms with E-state index in [2.05, 4.69) is 175 Å². The summed E-state index contributed by atoms with van der Waals surface area (Å²) in [6.07, 6.45) is 5.96. The molecular weight excluding hydrogens is 749 g/mol. The number of nitrogens with zero attached hydrogens (tertiary/aromatic N) is 1. The summed E-state index contributed by atoms with van der Waals surface area (Å²) in [4.78, 5) is 0. The molecular formula is C30H40I2N2Pd. The third-order valence-corrected chi connectivity index (χ3v) is 8.26. The van der Waals surface area contributed by atoms with Crippen molar-refractivity contribution in [3.8, 4) is 0 Å². The van der Waals surface area contributed by atoms with Gasteiger partial charge in [0.05, 0.1) is 0 Å². The van der Waals surface area contributed by atoms with Crippen LogP contribution >= 0.6 is 45.2 Å². The zero-order valence-electron chi connectivity index (χ0n) is 22.3. The molecule has 0 saturated carbocycles. The first-order valence-electron chi connectivity index (χ1n) is 12.2. The van der Waals surface area contributed by atoms with Crippen molar-refractivity contribution in [2.45, 2.75) is 79.1 Å². The van der Waals surface area contributed by atoms with Crippen LogP contribution in [0.25, 0.3) is 0 Å². The number of nitrogens with one attached hydrogen (secondary N) is 1. The third kappa shape index (κ3) is 6.34. The maximum atomic E-state index is 3.67. The van der Waals surface area contributed by atoms with Crippen molar-refractivity contribution in [1.29, 1.82) is 0 Å². The summed E-state index contributed by atoms with van der Waals surface area (Å²) in [6, 6.07) is 9.56. The van der Waals surface area contributed by atoms with Gasteiger partial charge < -0.3 is 0 Å². The van der Waals surface area contributed by atoms with E-state index < -0.39 is 0 Å². The van der Waals surface area contributed by atoms with Gasteiger partial charge in [-0.25, -0.2) is 19.6 Å². The molecule has 2 nitrogen and oxygen atoms in total. The van der Waals surface area contributed by atoms with Crippen LogP contribution in [0, 0.1) is 14.1 Å². The second-order valence-electron chi connectivity index (χ2n) is 10.2. The van der Waals surface area contributed by atoms with Gasteiger partial charge in [0.25, 0.3) is 0 Å². The molecule has 1 aliphatic rings. The Balaban J connectivity index is 0.00000137. The second-order valence-corrected chi connectivity index (χ2v) is 13.4. The number of rotatable bonds is 6. The van der Waals surface area contributed by atoms with Crippen LogP contribution in [0.1, 0.15) is 101 Å². The van der Waals surface area contributed by atoms with Crippen molar-refractivity contribution in [3.05, 3.63) is 85.6 Å². The molecule has 0 aliphatic carbocycles. The number of allylic oxidation sites excluding steroid dienone is 1. The van der Waals surface area contributed by atoms with Crippen LogP contribution in [0.3, 0.4) is 0 Å². The number of hydrogen-bond donors (Lipinski definition) is 1. The van der Waals surface area contributed by atoms with E-state index in [4.69, 9.17) is 0 Å². The van der Waals surface area contributed by atoms with Gasteiger partial charge >= 0.3 is 234 Å². The molecule has 1 aliphatic heterocycles. The van der Waals surface area contributed by atoms with Gasteiger partial charge in [-0.3, -0.25) is 0 Å². The molecule has 5 heteroatoms. The second kappa shape index (κ2) is 12.9. The minimum atomic E-state index is 0.417. The summed E-state index contributed by atoms with van der Waals surface area (Å²) in [6.45, 7) is 25.1. The van der Waals surface area contributed by atoms with Crippen LogP contribution < -0.4 is 9.80 Å². The van der Waals surface area contributed by atoms with Gasteiger partial charge in [0, 0.05) is 0 Å². The molecule has 3 rings (SSSR count). The molecule has 0 amide bonds. The summed E-state index contributed by atoms with van der Waals surface area (Å²) in [5.74, 6) is 1.67. The van der Waals surface area contributed by atoms with Crippen molar-refractivity contribution >= 4 is 60.8 Å². The third-order valence-electron chi connectivity index (χ3n) is 6.24. The van der Waals surface area contributed by atoms with Gasteiger partial charge in [0.2, 0.25) is 0 Å². The molecule has 0 radical (unpaired) electrons. The fourth-order valence-corrected chi connectivity index (χ4v) is 6.61. The van der Waals surface area contributed by atoms with Crippen LogP contribution in [-0.2, 0) is 18.7 Å². The molecule has 0 bridgehead atoms. The van der Waals surface area contributed by atoms with Crippen LogP contribution in [0.2, 0.25) is 0 Å². The Kier molecular flexibility index (Phi) is 11.3. The predicted molar refractivity (Wildman–Crippen MR) is 169 cm³/mol. The van der Waals surface area contributed by atoms with E-state index in [9.17, 15) is 0 Å². The Hall–Kier alpha value is -0.458. The SMILES string of the molecule is C=C[CH2-].CC(C)c1cc(I)cc(C(C)C)c1[N+]1(c2c(C(C)C)cc(I)cc2C(C)C)C=CN[C]1=[Pd]. The first kappa shape index (κ1) is 30.8. The van der Waals surface area contributed by atoms with Crippen molar-refractivity contribution < 1.29 is 18.7 Å². The van der Waals surface area contributed by atoms with Crippen LogP contribution in [0.4, 0.5) is 11.4 Å². The van der Waals surface area contributed by atoms with Gasteiger partial charge in [0.1, 0.15) is 0 Å². The topological polar surface area (TPSA) is 12.0 Å². The average Bonchev–Trinajstić information content (AvgIpc) is 3.14. The summed E-state index contributed by atoms with van der Waals surface area (Å²) >= 11 is 8.63. The maximum absolute atomic E-state index is 3.67. The molecule has 2 aromatic rings. The van der Waals surface area contributed by atoms with E-state index in [0.717, 1.165) is 4.23 Å². The van der Waals surface area contributed by atoms with Gasteiger partial charge in [-0.15, -0.1) is 0 Å². The van der Waals surface area contributed by atoms with Crippen LogP contribution in [-0.4, -0.2) is 4.23 Å². The zero-order chi connectivity index (χ0) is 26.7. The van der Waals surface area contributed by atoms with Crippen LogP contribution in [0.15, 0.2) is 49.3 Å². The van der Waals surface area contributed by atoms with Crippen molar-refractivity contribution in [1.82, 2.24) is 9.80 Å². The molecule has 0 aromatic heterocycles. The standard InChI is InChI=1S/C27H35I2N2.C3H5.Pd/c1-16(2)22-11-20(28)12-23(17(3)4)26(22)31(10-9-30-15-31)27-24(18(5)6)13-21(29)14-25(27)19(7)8;1-3-2;/h9-14,16-19,30H,1-8H3;3H,1-2H2;/q+1;-1;. The first-order valence-corrected chi connectivity index (χ1v) is 15.2. The number of benzene rings is 2. The molecule has 1 heterocycles. The fraction of sp³-hybridized carbons (Fsp3) is 0.400. The van der Waals surface area contributed by atoms with Gasteiger partial charge in [-0.05, 0) is 0 Å². The zero-order valence-corrected chi connectivity index (χ0v) is 28.2. The van der Waals surface area contributed by atoms with E-state index in [1.54, 1.807) is 0 Å². The van der Waals surface area contributed by atoms with E-state index >= 15 is 0 Å². The molecule has 0 saturated heterocycles. The van der Waals surface area contributed by atoms with E-state index in [1.807, 2.05) is 0 Å². The van der Waals surface area contributed by atoms with E-state index in [0.29, 0.717) is 28.2 Å². The summed E-state index contributed by atoms with van der Waals surface area (Å²) in [5, 5.41) is 3.54. The Morgan fingerprint density at radius 1 is 0.771 bits per heavy atom. The summed E-state index contributed by atoms with van der Waals surface area (Å²) in [7, 11) is 0. The van der Waals surface area contributed by atoms with Gasteiger partial charge in [-0.1, -0.05) is 0 Å². The van der Waals surface area contributed by atoms with Gasteiger partial charge in [-0.2, -0.15) is 0 Å². The monoisotopic (exact) mass is 788 g/mol. The Bertz CT molecular complexity index is 986. The molecule has 1 N–H and O–H groups in total. The fourth-order valence-electron chi connectivity index (χ4n) is 4.68. The molecule has 0 spiro atoms. The molecule has 0 unspecified atom stereocenters. The summed E-state index contributed by atoms with van der Waals surface area (Å²) < 4.78 is 4.31. The van der Waals surface area contributed by atoms with Crippen LogP contribution in [0.5, 0.6) is 0 Å². The Morgan fingerprint density at radius 2 is 1.06 bits per heavy atom. The number of hydrogen-bond acceptors (Lipinski definition) is 1. The number of quaternary nitrogens is 1. The Labute approximate surface area is 251 Å². The minimum absolute atomic E-state index is 0.417. The van der Waals surface area contributed by atoms with E-state index in [-0.39, 0.29) is 0 Å².